The lowest BCUT2D eigenvalue weighted by atomic mass is 9.73. The largest absolute Gasteiger partial charge is 0.381 e. The molecule has 1 N–H and O–H groups in total. The van der Waals surface area contributed by atoms with Crippen LogP contribution in [0.25, 0.3) is 0 Å². The van der Waals surface area contributed by atoms with Gasteiger partial charge in [-0.15, -0.1) is 0 Å². The molecule has 1 saturated carbocycles. The molecule has 1 heterocycles. The quantitative estimate of drug-likeness (QED) is 0.817. The number of aryl methyl sites for hydroxylation is 1. The maximum atomic E-state index is 4.28. The van der Waals surface area contributed by atoms with Crippen LogP contribution >= 0.6 is 0 Å². The summed E-state index contributed by atoms with van der Waals surface area (Å²) in [6, 6.07) is 4.78. The SMILES string of the molecule is Cc1ncccc1NC1CC(C(C)C)C1. The van der Waals surface area contributed by atoms with Crippen molar-refractivity contribution in [3.63, 3.8) is 0 Å². The fraction of sp³-hybridized carbons (Fsp3) is 0.615. The van der Waals surface area contributed by atoms with Gasteiger partial charge in [0.05, 0.1) is 11.4 Å². The molecule has 0 radical (unpaired) electrons. The van der Waals surface area contributed by atoms with Crippen LogP contribution in [-0.4, -0.2) is 11.0 Å². The Morgan fingerprint density at radius 1 is 1.40 bits per heavy atom. The highest BCUT2D eigenvalue weighted by atomic mass is 15.0. The summed E-state index contributed by atoms with van der Waals surface area (Å²) in [5, 5.41) is 3.57. The van der Waals surface area contributed by atoms with Crippen molar-refractivity contribution >= 4 is 5.69 Å². The second kappa shape index (κ2) is 4.21. The van der Waals surface area contributed by atoms with Crippen molar-refractivity contribution in [3.8, 4) is 0 Å². The molecule has 1 aliphatic rings. The van der Waals surface area contributed by atoms with Crippen LogP contribution < -0.4 is 5.32 Å². The van der Waals surface area contributed by atoms with Gasteiger partial charge in [-0.05, 0) is 43.7 Å². The van der Waals surface area contributed by atoms with Gasteiger partial charge in [0, 0.05) is 12.2 Å². The predicted octanol–water partition coefficient (Wildman–Crippen LogP) is 3.24. The zero-order valence-corrected chi connectivity index (χ0v) is 9.83. The summed E-state index contributed by atoms with van der Waals surface area (Å²) in [5.41, 5.74) is 2.30. The zero-order chi connectivity index (χ0) is 10.8. The Morgan fingerprint density at radius 2 is 2.13 bits per heavy atom. The third-order valence-electron chi connectivity index (χ3n) is 3.48. The van der Waals surface area contributed by atoms with Gasteiger partial charge in [-0.3, -0.25) is 4.98 Å². The second-order valence-electron chi connectivity index (χ2n) is 4.95. The second-order valence-corrected chi connectivity index (χ2v) is 4.95. The van der Waals surface area contributed by atoms with Crippen LogP contribution in [0.1, 0.15) is 32.4 Å². The number of hydrogen-bond donors (Lipinski definition) is 1. The normalized spacial score (nSPS) is 25.1. The van der Waals surface area contributed by atoms with Crippen LogP contribution in [0.4, 0.5) is 5.69 Å². The minimum absolute atomic E-state index is 0.667. The van der Waals surface area contributed by atoms with E-state index in [1.54, 1.807) is 0 Å². The lowest BCUT2D eigenvalue weighted by Crippen LogP contribution is -2.38. The molecule has 0 unspecified atom stereocenters. The van der Waals surface area contributed by atoms with Gasteiger partial charge < -0.3 is 5.32 Å². The van der Waals surface area contributed by atoms with Crippen LogP contribution in [0.15, 0.2) is 18.3 Å². The molecule has 0 aromatic carbocycles. The summed E-state index contributed by atoms with van der Waals surface area (Å²) in [7, 11) is 0. The van der Waals surface area contributed by atoms with Gasteiger partial charge in [0.2, 0.25) is 0 Å². The molecule has 0 bridgehead atoms. The molecular weight excluding hydrogens is 184 g/mol. The first-order chi connectivity index (χ1) is 7.16. The summed E-state index contributed by atoms with van der Waals surface area (Å²) >= 11 is 0. The number of nitrogens with one attached hydrogen (secondary N) is 1. The maximum absolute atomic E-state index is 4.28. The van der Waals surface area contributed by atoms with E-state index in [9.17, 15) is 0 Å². The lowest BCUT2D eigenvalue weighted by molar-refractivity contribution is 0.211. The number of aromatic nitrogens is 1. The van der Waals surface area contributed by atoms with Crippen molar-refractivity contribution < 1.29 is 0 Å². The zero-order valence-electron chi connectivity index (χ0n) is 9.83. The van der Waals surface area contributed by atoms with Gasteiger partial charge in [-0.25, -0.2) is 0 Å². The van der Waals surface area contributed by atoms with E-state index in [0.717, 1.165) is 17.5 Å². The van der Waals surface area contributed by atoms with E-state index >= 15 is 0 Å². The van der Waals surface area contributed by atoms with Crippen LogP contribution in [0, 0.1) is 18.8 Å². The summed E-state index contributed by atoms with van der Waals surface area (Å²) in [6.07, 6.45) is 4.47. The van der Waals surface area contributed by atoms with Gasteiger partial charge in [0.15, 0.2) is 0 Å². The van der Waals surface area contributed by atoms with Gasteiger partial charge in [-0.1, -0.05) is 13.8 Å². The summed E-state index contributed by atoms with van der Waals surface area (Å²) < 4.78 is 0. The molecule has 0 aliphatic heterocycles. The fourth-order valence-corrected chi connectivity index (χ4v) is 2.18. The van der Waals surface area contributed by atoms with Gasteiger partial charge in [0.25, 0.3) is 0 Å². The van der Waals surface area contributed by atoms with E-state index in [2.05, 4.69) is 37.1 Å². The molecule has 2 heteroatoms. The van der Waals surface area contributed by atoms with Crippen LogP contribution in [0.3, 0.4) is 0 Å². The predicted molar refractivity (Wildman–Crippen MR) is 63.9 cm³/mol. The Labute approximate surface area is 92.1 Å². The van der Waals surface area contributed by atoms with E-state index in [4.69, 9.17) is 0 Å². The Kier molecular flexibility index (Phi) is 2.94. The Hall–Kier alpha value is -1.05. The minimum atomic E-state index is 0.667. The number of hydrogen-bond acceptors (Lipinski definition) is 2. The Bertz CT molecular complexity index is 327. The van der Waals surface area contributed by atoms with E-state index in [0.29, 0.717) is 6.04 Å². The van der Waals surface area contributed by atoms with Gasteiger partial charge in [-0.2, -0.15) is 0 Å². The monoisotopic (exact) mass is 204 g/mol. The van der Waals surface area contributed by atoms with Crippen LogP contribution in [-0.2, 0) is 0 Å². The average molecular weight is 204 g/mol. The van der Waals surface area contributed by atoms with Crippen molar-refractivity contribution in [2.45, 2.75) is 39.7 Å². The third kappa shape index (κ3) is 2.31. The molecule has 1 aliphatic carbocycles. The van der Waals surface area contributed by atoms with E-state index < -0.39 is 0 Å². The first-order valence-electron chi connectivity index (χ1n) is 5.85. The molecule has 82 valence electrons. The van der Waals surface area contributed by atoms with E-state index in [1.165, 1.54) is 18.5 Å². The first-order valence-corrected chi connectivity index (χ1v) is 5.85. The molecular formula is C13H20N2. The van der Waals surface area contributed by atoms with Crippen LogP contribution in [0.2, 0.25) is 0 Å². The van der Waals surface area contributed by atoms with E-state index in [-0.39, 0.29) is 0 Å². The van der Waals surface area contributed by atoms with Crippen molar-refractivity contribution in [2.24, 2.45) is 11.8 Å². The highest BCUT2D eigenvalue weighted by molar-refractivity contribution is 5.47. The average Bonchev–Trinajstić information content (AvgIpc) is 2.12. The maximum Gasteiger partial charge on any atom is 0.0603 e. The fourth-order valence-electron chi connectivity index (χ4n) is 2.18. The Balaban J connectivity index is 1.88. The van der Waals surface area contributed by atoms with Crippen molar-refractivity contribution in [1.82, 2.24) is 4.98 Å². The highest BCUT2D eigenvalue weighted by Gasteiger charge is 2.31. The smallest absolute Gasteiger partial charge is 0.0603 e. The number of anilines is 1. The molecule has 1 fully saturated rings. The highest BCUT2D eigenvalue weighted by Crippen LogP contribution is 2.35. The molecule has 2 nitrogen and oxygen atoms in total. The Morgan fingerprint density at radius 3 is 2.73 bits per heavy atom. The summed E-state index contributed by atoms with van der Waals surface area (Å²) in [6.45, 7) is 6.69. The number of nitrogens with zero attached hydrogens (tertiary/aromatic N) is 1. The summed E-state index contributed by atoms with van der Waals surface area (Å²) in [4.78, 5) is 4.28. The molecule has 1 aromatic heterocycles. The third-order valence-corrected chi connectivity index (χ3v) is 3.48. The molecule has 1 aromatic rings. The van der Waals surface area contributed by atoms with Gasteiger partial charge >= 0.3 is 0 Å². The number of pyridine rings is 1. The lowest BCUT2D eigenvalue weighted by Gasteiger charge is -2.39. The van der Waals surface area contributed by atoms with Gasteiger partial charge in [0.1, 0.15) is 0 Å². The minimum Gasteiger partial charge on any atom is -0.381 e. The molecule has 0 saturated heterocycles. The van der Waals surface area contributed by atoms with E-state index in [1.807, 2.05) is 12.3 Å². The summed E-state index contributed by atoms with van der Waals surface area (Å²) in [5.74, 6) is 1.75. The molecule has 15 heavy (non-hydrogen) atoms. The standard InChI is InChI=1S/C13H20N2/c1-9(2)11-7-12(8-11)15-13-5-4-6-14-10(13)3/h4-6,9,11-12,15H,7-8H2,1-3H3. The number of rotatable bonds is 3. The molecule has 0 spiro atoms. The molecule has 2 rings (SSSR count). The van der Waals surface area contributed by atoms with Crippen molar-refractivity contribution in [3.05, 3.63) is 24.0 Å². The first kappa shape index (κ1) is 10.5. The molecule has 0 amide bonds. The van der Waals surface area contributed by atoms with Crippen LogP contribution in [0.5, 0.6) is 0 Å². The van der Waals surface area contributed by atoms with Crippen molar-refractivity contribution in [2.75, 3.05) is 5.32 Å². The molecule has 0 atom stereocenters. The topological polar surface area (TPSA) is 24.9 Å². The van der Waals surface area contributed by atoms with Crippen molar-refractivity contribution in [1.29, 1.82) is 0 Å².